The predicted molar refractivity (Wildman–Crippen MR) is 109 cm³/mol. The van der Waals surface area contributed by atoms with Crippen molar-refractivity contribution in [2.75, 3.05) is 7.11 Å². The van der Waals surface area contributed by atoms with Gasteiger partial charge in [0, 0.05) is 22.7 Å². The Morgan fingerprint density at radius 1 is 1.07 bits per heavy atom. The Morgan fingerprint density at radius 3 is 2.27 bits per heavy atom. The molecule has 7 heteroatoms. The molecule has 1 aromatic heterocycles. The molecule has 3 rings (SSSR count). The van der Waals surface area contributed by atoms with Gasteiger partial charge in [-0.3, -0.25) is 14.2 Å². The number of carbonyl (C=O) groups is 2. The number of ether oxygens (including phenoxy) is 2. The van der Waals surface area contributed by atoms with Gasteiger partial charge in [-0.15, -0.1) is 0 Å². The van der Waals surface area contributed by atoms with Crippen LogP contribution >= 0.6 is 0 Å². The number of aromatic nitrogens is 1. The molecule has 0 unspecified atom stereocenters. The molecule has 3 aromatic rings. The SMILES string of the molecule is COc1cc2c(CC(=O)OC(C)(C)C)c(C)n(C(=O)c3ccc(F)cc3)c2cc1F. The van der Waals surface area contributed by atoms with Gasteiger partial charge in [-0.2, -0.15) is 0 Å². The van der Waals surface area contributed by atoms with Crippen molar-refractivity contribution >= 4 is 22.8 Å². The quantitative estimate of drug-likeness (QED) is 0.574. The molecule has 1 heterocycles. The molecule has 0 aliphatic heterocycles. The van der Waals surface area contributed by atoms with Crippen LogP contribution in [0.5, 0.6) is 5.75 Å². The first-order valence-corrected chi connectivity index (χ1v) is 9.41. The normalized spacial score (nSPS) is 11.6. The van der Waals surface area contributed by atoms with Crippen molar-refractivity contribution in [3.63, 3.8) is 0 Å². The van der Waals surface area contributed by atoms with E-state index in [4.69, 9.17) is 9.47 Å². The Kier molecular flexibility index (Phi) is 5.65. The fourth-order valence-electron chi connectivity index (χ4n) is 3.36. The summed E-state index contributed by atoms with van der Waals surface area (Å²) in [6, 6.07) is 7.73. The maximum atomic E-state index is 14.5. The number of carbonyl (C=O) groups excluding carboxylic acids is 2. The molecule has 0 saturated heterocycles. The van der Waals surface area contributed by atoms with Crippen LogP contribution in [0.25, 0.3) is 10.9 Å². The number of methoxy groups -OCH3 is 1. The van der Waals surface area contributed by atoms with E-state index >= 15 is 0 Å². The summed E-state index contributed by atoms with van der Waals surface area (Å²) in [6.45, 7) is 6.96. The molecule has 0 bridgehead atoms. The lowest BCUT2D eigenvalue weighted by molar-refractivity contribution is -0.153. The third kappa shape index (κ3) is 4.20. The van der Waals surface area contributed by atoms with E-state index in [1.54, 1.807) is 27.7 Å². The minimum absolute atomic E-state index is 0.000630. The van der Waals surface area contributed by atoms with Crippen molar-refractivity contribution in [2.24, 2.45) is 0 Å². The van der Waals surface area contributed by atoms with E-state index in [1.165, 1.54) is 48.1 Å². The standard InChI is InChI=1S/C23H23F2NO4/c1-13-16(11-21(27)30-23(2,3)4)17-10-20(29-5)18(25)12-19(17)26(13)22(28)14-6-8-15(24)9-7-14/h6-10,12H,11H2,1-5H3. The third-order valence-electron chi connectivity index (χ3n) is 4.64. The minimum Gasteiger partial charge on any atom is -0.494 e. The number of halogens is 2. The van der Waals surface area contributed by atoms with E-state index in [-0.39, 0.29) is 17.7 Å². The maximum absolute atomic E-state index is 14.5. The van der Waals surface area contributed by atoms with Crippen molar-refractivity contribution in [3.8, 4) is 5.75 Å². The molecule has 0 N–H and O–H groups in total. The molecule has 30 heavy (non-hydrogen) atoms. The Morgan fingerprint density at radius 2 is 1.70 bits per heavy atom. The van der Waals surface area contributed by atoms with E-state index in [0.717, 1.165) is 0 Å². The van der Waals surface area contributed by atoms with Crippen LogP contribution in [0.2, 0.25) is 0 Å². The first kappa shape index (κ1) is 21.5. The molecule has 2 aromatic carbocycles. The maximum Gasteiger partial charge on any atom is 0.310 e. The third-order valence-corrected chi connectivity index (χ3v) is 4.64. The van der Waals surface area contributed by atoms with Gasteiger partial charge in [-0.1, -0.05) is 0 Å². The monoisotopic (exact) mass is 415 g/mol. The number of hydrogen-bond donors (Lipinski definition) is 0. The van der Waals surface area contributed by atoms with E-state index in [1.807, 2.05) is 0 Å². The molecule has 0 aliphatic carbocycles. The van der Waals surface area contributed by atoms with E-state index in [0.29, 0.717) is 22.2 Å². The van der Waals surface area contributed by atoms with Crippen LogP contribution in [-0.2, 0) is 16.0 Å². The molecule has 0 radical (unpaired) electrons. The van der Waals surface area contributed by atoms with Crippen LogP contribution in [0.3, 0.4) is 0 Å². The fraction of sp³-hybridized carbons (Fsp3) is 0.304. The summed E-state index contributed by atoms with van der Waals surface area (Å²) < 4.78 is 39.5. The number of benzene rings is 2. The largest absolute Gasteiger partial charge is 0.494 e. The van der Waals surface area contributed by atoms with Gasteiger partial charge >= 0.3 is 5.97 Å². The number of fused-ring (bicyclic) bond motifs is 1. The highest BCUT2D eigenvalue weighted by Crippen LogP contribution is 2.33. The highest BCUT2D eigenvalue weighted by Gasteiger charge is 2.25. The van der Waals surface area contributed by atoms with E-state index in [2.05, 4.69) is 0 Å². The highest BCUT2D eigenvalue weighted by molar-refractivity contribution is 6.05. The van der Waals surface area contributed by atoms with Gasteiger partial charge in [0.2, 0.25) is 0 Å². The van der Waals surface area contributed by atoms with Crippen molar-refractivity contribution in [1.82, 2.24) is 4.57 Å². The highest BCUT2D eigenvalue weighted by atomic mass is 19.1. The van der Waals surface area contributed by atoms with Gasteiger partial charge < -0.3 is 9.47 Å². The van der Waals surface area contributed by atoms with Crippen molar-refractivity contribution in [3.05, 3.63) is 64.9 Å². The molecule has 0 spiro atoms. The Labute approximate surface area is 173 Å². The van der Waals surface area contributed by atoms with Crippen LogP contribution in [0.4, 0.5) is 8.78 Å². The topological polar surface area (TPSA) is 57.5 Å². The lowest BCUT2D eigenvalue weighted by atomic mass is 10.1. The number of rotatable bonds is 4. The molecule has 5 nitrogen and oxygen atoms in total. The van der Waals surface area contributed by atoms with Gasteiger partial charge in [0.1, 0.15) is 11.4 Å². The Bertz CT molecular complexity index is 1130. The van der Waals surface area contributed by atoms with Gasteiger partial charge in [0.05, 0.1) is 19.0 Å². The summed E-state index contributed by atoms with van der Waals surface area (Å²) in [5, 5.41) is 0.507. The molecule has 0 fully saturated rings. The van der Waals surface area contributed by atoms with Gasteiger partial charge in [-0.05, 0) is 63.6 Å². The number of nitrogens with zero attached hydrogens (tertiary/aromatic N) is 1. The molecular formula is C23H23F2NO4. The van der Waals surface area contributed by atoms with E-state index < -0.39 is 29.1 Å². The van der Waals surface area contributed by atoms with Crippen LogP contribution in [-0.4, -0.2) is 29.2 Å². The van der Waals surface area contributed by atoms with Crippen LogP contribution in [0, 0.1) is 18.6 Å². The second-order valence-corrected chi connectivity index (χ2v) is 7.98. The average molecular weight is 415 g/mol. The van der Waals surface area contributed by atoms with Crippen LogP contribution in [0.15, 0.2) is 36.4 Å². The molecular weight excluding hydrogens is 392 g/mol. The van der Waals surface area contributed by atoms with Crippen molar-refractivity contribution in [2.45, 2.75) is 39.7 Å². The van der Waals surface area contributed by atoms with Gasteiger partial charge in [0.15, 0.2) is 11.6 Å². The summed E-state index contributed by atoms with van der Waals surface area (Å²) >= 11 is 0. The summed E-state index contributed by atoms with van der Waals surface area (Å²) in [5.41, 5.74) is 0.859. The van der Waals surface area contributed by atoms with Crippen LogP contribution < -0.4 is 4.74 Å². The minimum atomic E-state index is -0.670. The lowest BCUT2D eigenvalue weighted by Gasteiger charge is -2.19. The smallest absolute Gasteiger partial charge is 0.310 e. The first-order chi connectivity index (χ1) is 14.0. The molecule has 0 saturated carbocycles. The van der Waals surface area contributed by atoms with Crippen LogP contribution in [0.1, 0.15) is 42.4 Å². The Hall–Kier alpha value is -3.22. The summed E-state index contributed by atoms with van der Waals surface area (Å²) in [5.74, 6) is -2.04. The zero-order chi connectivity index (χ0) is 22.2. The second-order valence-electron chi connectivity index (χ2n) is 7.98. The summed E-state index contributed by atoms with van der Waals surface area (Å²) in [6.07, 6.45) is -0.0991. The molecule has 0 amide bonds. The summed E-state index contributed by atoms with van der Waals surface area (Å²) in [4.78, 5) is 25.6. The second kappa shape index (κ2) is 7.89. The average Bonchev–Trinajstić information content (AvgIpc) is 2.90. The number of hydrogen-bond acceptors (Lipinski definition) is 4. The van der Waals surface area contributed by atoms with Gasteiger partial charge in [0.25, 0.3) is 5.91 Å². The molecule has 158 valence electrons. The lowest BCUT2D eigenvalue weighted by Crippen LogP contribution is -2.25. The predicted octanol–water partition coefficient (Wildman–Crippen LogP) is 4.81. The fourth-order valence-corrected chi connectivity index (χ4v) is 3.36. The number of esters is 1. The first-order valence-electron chi connectivity index (χ1n) is 9.41. The Balaban J connectivity index is 2.18. The zero-order valence-electron chi connectivity index (χ0n) is 17.5. The van der Waals surface area contributed by atoms with Gasteiger partial charge in [-0.25, -0.2) is 8.78 Å². The molecule has 0 aliphatic rings. The molecule has 0 atom stereocenters. The van der Waals surface area contributed by atoms with Crippen molar-refractivity contribution in [1.29, 1.82) is 0 Å². The zero-order valence-corrected chi connectivity index (χ0v) is 17.5. The summed E-state index contributed by atoms with van der Waals surface area (Å²) in [7, 11) is 1.34. The van der Waals surface area contributed by atoms with Crippen molar-refractivity contribution < 1.29 is 27.8 Å². The van der Waals surface area contributed by atoms with E-state index in [9.17, 15) is 18.4 Å².